The largest absolute Gasteiger partial charge is 0.463 e. The van der Waals surface area contributed by atoms with Gasteiger partial charge in [-0.05, 0) is 48.6 Å². The number of nitro benzene ring substituents is 1. The Kier molecular flexibility index (Phi) is 7.45. The average molecular weight is 434 g/mol. The molecule has 124 valence electrons. The molecule has 1 aromatic carbocycles. The number of ether oxygens (including phenoxy) is 2. The number of nitro groups is 1. The Labute approximate surface area is 146 Å². The van der Waals surface area contributed by atoms with Crippen LogP contribution in [0.4, 0.5) is 11.4 Å². The van der Waals surface area contributed by atoms with Gasteiger partial charge in [-0.3, -0.25) is 10.1 Å². The molecule has 0 aliphatic heterocycles. The number of carbonyl (C=O) groups excluding carboxylic acids is 2. The van der Waals surface area contributed by atoms with Gasteiger partial charge in [-0.15, -0.1) is 0 Å². The third-order valence-corrected chi connectivity index (χ3v) is 3.14. The Hall–Kier alpha value is -2.17. The van der Waals surface area contributed by atoms with E-state index in [4.69, 9.17) is 9.47 Å². The molecule has 0 bridgehead atoms. The van der Waals surface area contributed by atoms with Gasteiger partial charge in [-0.2, -0.15) is 0 Å². The maximum absolute atomic E-state index is 11.9. The standard InChI is InChI=1S/C14H15IN2O6/c1-3-22-13(18)8-11(14(19)23-4-2)16-10-7-9(15)5-6-12(10)17(20)21/h5-8,16H,3-4H2,1-2H3/b11-8+. The lowest BCUT2D eigenvalue weighted by Gasteiger charge is -2.11. The van der Waals surface area contributed by atoms with Gasteiger partial charge in [0.25, 0.3) is 5.69 Å². The first-order chi connectivity index (χ1) is 10.9. The zero-order chi connectivity index (χ0) is 17.4. The van der Waals surface area contributed by atoms with E-state index in [9.17, 15) is 19.7 Å². The van der Waals surface area contributed by atoms with Gasteiger partial charge in [-0.25, -0.2) is 9.59 Å². The normalized spacial score (nSPS) is 10.8. The number of carbonyl (C=O) groups is 2. The summed E-state index contributed by atoms with van der Waals surface area (Å²) in [5.74, 6) is -1.56. The average Bonchev–Trinajstić information content (AvgIpc) is 2.46. The molecule has 0 fully saturated rings. The number of anilines is 1. The second-order valence-corrected chi connectivity index (χ2v) is 5.32. The van der Waals surface area contributed by atoms with Crippen LogP contribution in [-0.4, -0.2) is 30.1 Å². The van der Waals surface area contributed by atoms with E-state index >= 15 is 0 Å². The highest BCUT2D eigenvalue weighted by Gasteiger charge is 2.20. The highest BCUT2D eigenvalue weighted by atomic mass is 127. The number of nitrogens with one attached hydrogen (secondary N) is 1. The van der Waals surface area contributed by atoms with Crippen LogP contribution < -0.4 is 5.32 Å². The van der Waals surface area contributed by atoms with Crippen LogP contribution >= 0.6 is 22.6 Å². The van der Waals surface area contributed by atoms with Gasteiger partial charge >= 0.3 is 11.9 Å². The SMILES string of the molecule is CCOC(=O)/C=C(/Nc1cc(I)ccc1[N+](=O)[O-])C(=O)OCC. The fraction of sp³-hybridized carbons (Fsp3) is 0.286. The van der Waals surface area contributed by atoms with Crippen molar-refractivity contribution >= 4 is 45.9 Å². The molecule has 0 spiro atoms. The van der Waals surface area contributed by atoms with Crippen molar-refractivity contribution < 1.29 is 24.0 Å². The summed E-state index contributed by atoms with van der Waals surface area (Å²) in [4.78, 5) is 34.0. The Morgan fingerprint density at radius 2 is 1.96 bits per heavy atom. The maximum atomic E-state index is 11.9. The predicted octanol–water partition coefficient (Wildman–Crippen LogP) is 2.62. The van der Waals surface area contributed by atoms with E-state index in [1.807, 2.05) is 22.6 Å². The zero-order valence-electron chi connectivity index (χ0n) is 12.5. The number of esters is 2. The topological polar surface area (TPSA) is 108 Å². The summed E-state index contributed by atoms with van der Waals surface area (Å²) in [5, 5.41) is 13.7. The molecule has 1 aromatic rings. The minimum Gasteiger partial charge on any atom is -0.463 e. The van der Waals surface area contributed by atoms with E-state index in [1.54, 1.807) is 19.9 Å². The Morgan fingerprint density at radius 3 is 2.52 bits per heavy atom. The van der Waals surface area contributed by atoms with E-state index in [-0.39, 0.29) is 30.3 Å². The minimum absolute atomic E-state index is 0.0745. The van der Waals surface area contributed by atoms with Crippen LogP contribution in [0.15, 0.2) is 30.0 Å². The molecule has 9 heteroatoms. The molecule has 0 aliphatic rings. The van der Waals surface area contributed by atoms with Crippen LogP contribution in [0, 0.1) is 13.7 Å². The Bertz CT molecular complexity index is 644. The van der Waals surface area contributed by atoms with Crippen molar-refractivity contribution in [2.45, 2.75) is 13.8 Å². The number of rotatable bonds is 7. The number of hydrogen-bond donors (Lipinski definition) is 1. The molecular formula is C14H15IN2O6. The second kappa shape index (κ2) is 9.08. The smallest absolute Gasteiger partial charge is 0.355 e. The molecule has 1 N–H and O–H groups in total. The van der Waals surface area contributed by atoms with Crippen molar-refractivity contribution in [2.24, 2.45) is 0 Å². The van der Waals surface area contributed by atoms with Gasteiger partial charge in [-0.1, -0.05) is 0 Å². The fourth-order valence-corrected chi connectivity index (χ4v) is 2.06. The van der Waals surface area contributed by atoms with Gasteiger partial charge in [0, 0.05) is 9.64 Å². The third-order valence-electron chi connectivity index (χ3n) is 2.47. The van der Waals surface area contributed by atoms with E-state index in [0.29, 0.717) is 0 Å². The van der Waals surface area contributed by atoms with E-state index < -0.39 is 16.9 Å². The van der Waals surface area contributed by atoms with Crippen molar-refractivity contribution in [3.05, 3.63) is 43.7 Å². The molecule has 0 aliphatic carbocycles. The summed E-state index contributed by atoms with van der Waals surface area (Å²) >= 11 is 1.98. The lowest BCUT2D eigenvalue weighted by Crippen LogP contribution is -2.17. The highest BCUT2D eigenvalue weighted by Crippen LogP contribution is 2.27. The summed E-state index contributed by atoms with van der Waals surface area (Å²) in [7, 11) is 0. The second-order valence-electron chi connectivity index (χ2n) is 4.07. The summed E-state index contributed by atoms with van der Waals surface area (Å²) in [5.41, 5.74) is -0.398. The van der Waals surface area contributed by atoms with Gasteiger partial charge in [0.05, 0.1) is 24.2 Å². The molecule has 23 heavy (non-hydrogen) atoms. The number of hydrogen-bond acceptors (Lipinski definition) is 7. The van der Waals surface area contributed by atoms with E-state index in [0.717, 1.165) is 9.65 Å². The molecule has 0 saturated heterocycles. The van der Waals surface area contributed by atoms with E-state index in [1.165, 1.54) is 12.1 Å². The Balaban J connectivity index is 3.20. The molecular weight excluding hydrogens is 419 g/mol. The lowest BCUT2D eigenvalue weighted by atomic mass is 10.2. The summed E-state index contributed by atoms with van der Waals surface area (Å²) in [6.07, 6.45) is 0.908. The van der Waals surface area contributed by atoms with Gasteiger partial charge in [0.1, 0.15) is 11.4 Å². The van der Waals surface area contributed by atoms with Crippen LogP contribution in [0.1, 0.15) is 13.8 Å². The molecule has 8 nitrogen and oxygen atoms in total. The monoisotopic (exact) mass is 434 g/mol. The maximum Gasteiger partial charge on any atom is 0.355 e. The van der Waals surface area contributed by atoms with Crippen molar-refractivity contribution in [3.63, 3.8) is 0 Å². The molecule has 0 unspecified atom stereocenters. The van der Waals surface area contributed by atoms with Crippen LogP contribution in [-0.2, 0) is 19.1 Å². The first kappa shape index (κ1) is 18.9. The molecule has 0 atom stereocenters. The fourth-order valence-electron chi connectivity index (χ4n) is 1.57. The first-order valence-electron chi connectivity index (χ1n) is 6.65. The lowest BCUT2D eigenvalue weighted by molar-refractivity contribution is -0.383. The van der Waals surface area contributed by atoms with Crippen molar-refractivity contribution in [1.82, 2.24) is 0 Å². The Morgan fingerprint density at radius 1 is 1.30 bits per heavy atom. The van der Waals surface area contributed by atoms with Gasteiger partial charge in [0.15, 0.2) is 0 Å². The van der Waals surface area contributed by atoms with Crippen molar-refractivity contribution in [3.8, 4) is 0 Å². The van der Waals surface area contributed by atoms with Gasteiger partial charge < -0.3 is 14.8 Å². The van der Waals surface area contributed by atoms with Crippen molar-refractivity contribution in [1.29, 1.82) is 0 Å². The van der Waals surface area contributed by atoms with Gasteiger partial charge in [0.2, 0.25) is 0 Å². The predicted molar refractivity (Wildman–Crippen MR) is 90.8 cm³/mol. The molecule has 0 radical (unpaired) electrons. The number of nitrogens with zero attached hydrogens (tertiary/aromatic N) is 1. The van der Waals surface area contributed by atoms with Crippen LogP contribution in [0.25, 0.3) is 0 Å². The zero-order valence-corrected chi connectivity index (χ0v) is 14.7. The molecule has 0 heterocycles. The highest BCUT2D eigenvalue weighted by molar-refractivity contribution is 14.1. The molecule has 1 rings (SSSR count). The number of benzene rings is 1. The van der Waals surface area contributed by atoms with Crippen LogP contribution in [0.3, 0.4) is 0 Å². The van der Waals surface area contributed by atoms with Crippen molar-refractivity contribution in [2.75, 3.05) is 18.5 Å². The van der Waals surface area contributed by atoms with E-state index in [2.05, 4.69) is 5.32 Å². The quantitative estimate of drug-likeness (QED) is 0.231. The summed E-state index contributed by atoms with van der Waals surface area (Å²) < 4.78 is 10.3. The molecule has 0 saturated carbocycles. The summed E-state index contributed by atoms with van der Waals surface area (Å²) in [6, 6.07) is 4.34. The summed E-state index contributed by atoms with van der Waals surface area (Å²) in [6.45, 7) is 3.45. The van der Waals surface area contributed by atoms with Crippen LogP contribution in [0.5, 0.6) is 0 Å². The number of halogens is 1. The molecule has 0 amide bonds. The molecule has 0 aromatic heterocycles. The third kappa shape index (κ3) is 5.85. The minimum atomic E-state index is -0.811. The first-order valence-corrected chi connectivity index (χ1v) is 7.73. The van der Waals surface area contributed by atoms with Crippen LogP contribution in [0.2, 0.25) is 0 Å².